The molecule has 1 aliphatic rings. The third kappa shape index (κ3) is 3.29. The molecule has 1 atom stereocenters. The summed E-state index contributed by atoms with van der Waals surface area (Å²) in [5, 5.41) is 0. The van der Waals surface area contributed by atoms with Gasteiger partial charge < -0.3 is 14.0 Å². The number of H-pyrrole nitrogens is 1. The Hall–Kier alpha value is -2.64. The lowest BCUT2D eigenvalue weighted by Crippen LogP contribution is -2.43. The molecule has 25 heavy (non-hydrogen) atoms. The largest absolute Gasteiger partial charge is 0.338 e. The number of nitrogens with one attached hydrogen (secondary N) is 1. The van der Waals surface area contributed by atoms with Crippen LogP contribution in [0.3, 0.4) is 0 Å². The van der Waals surface area contributed by atoms with Crippen molar-refractivity contribution >= 4 is 5.91 Å². The first-order valence-corrected chi connectivity index (χ1v) is 8.50. The van der Waals surface area contributed by atoms with Gasteiger partial charge in [0.05, 0.1) is 0 Å². The number of hydrogen-bond acceptors (Lipinski definition) is 4. The summed E-state index contributed by atoms with van der Waals surface area (Å²) in [5.41, 5.74) is -1.18. The van der Waals surface area contributed by atoms with E-state index in [2.05, 4.69) is 28.4 Å². The minimum Gasteiger partial charge on any atom is -0.338 e. The van der Waals surface area contributed by atoms with Crippen molar-refractivity contribution in [3.63, 3.8) is 0 Å². The van der Waals surface area contributed by atoms with Crippen molar-refractivity contribution in [3.8, 4) is 0 Å². The summed E-state index contributed by atoms with van der Waals surface area (Å²) in [7, 11) is 1.51. The molecule has 2 aromatic rings. The van der Waals surface area contributed by atoms with Crippen LogP contribution < -0.4 is 11.2 Å². The number of piperidine rings is 1. The van der Waals surface area contributed by atoms with Crippen LogP contribution in [0.5, 0.6) is 0 Å². The van der Waals surface area contributed by atoms with Crippen molar-refractivity contribution in [1.82, 2.24) is 24.0 Å². The van der Waals surface area contributed by atoms with Crippen molar-refractivity contribution in [3.05, 3.63) is 50.8 Å². The van der Waals surface area contributed by atoms with E-state index in [0.717, 1.165) is 18.7 Å². The zero-order chi connectivity index (χ0) is 18.1. The quantitative estimate of drug-likeness (QED) is 0.893. The highest BCUT2D eigenvalue weighted by molar-refractivity contribution is 5.93. The Balaban J connectivity index is 1.85. The van der Waals surface area contributed by atoms with Crippen LogP contribution in [0.1, 0.15) is 54.8 Å². The molecule has 1 amide bonds. The molecular weight excluding hydrogens is 322 g/mol. The number of aromatic nitrogens is 4. The average molecular weight is 345 g/mol. The molecule has 0 radical (unpaired) electrons. The third-order valence-corrected chi connectivity index (χ3v) is 4.67. The lowest BCUT2D eigenvalue weighted by atomic mass is 9.96. The standard InChI is InChI=1S/C17H23N5O3/c1-11(2)22-8-6-18-14(22)12-5-4-7-21(9-12)16(24)13-10-20(3)17(25)19-15(13)23/h6,8,10-12H,4-5,7,9H2,1-3H3,(H,19,23,25)/t12-/m0/s1. The fraction of sp³-hybridized carbons (Fsp3) is 0.529. The molecule has 134 valence electrons. The number of likely N-dealkylation sites (tertiary alicyclic amines) is 1. The lowest BCUT2D eigenvalue weighted by molar-refractivity contribution is 0.0700. The molecule has 3 rings (SSSR count). The van der Waals surface area contributed by atoms with E-state index < -0.39 is 11.2 Å². The van der Waals surface area contributed by atoms with E-state index >= 15 is 0 Å². The number of aryl methyl sites for hydroxylation is 1. The normalized spacial score (nSPS) is 17.9. The highest BCUT2D eigenvalue weighted by Gasteiger charge is 2.29. The maximum Gasteiger partial charge on any atom is 0.328 e. The second kappa shape index (κ2) is 6.70. The van der Waals surface area contributed by atoms with Crippen LogP contribution in [0.2, 0.25) is 0 Å². The summed E-state index contributed by atoms with van der Waals surface area (Å²) in [6.07, 6.45) is 6.86. The minimum atomic E-state index is -0.640. The molecule has 0 bridgehead atoms. The summed E-state index contributed by atoms with van der Waals surface area (Å²) in [5.74, 6) is 0.771. The molecule has 0 aromatic carbocycles. The van der Waals surface area contributed by atoms with E-state index in [1.807, 2.05) is 6.20 Å². The van der Waals surface area contributed by atoms with E-state index in [9.17, 15) is 14.4 Å². The highest BCUT2D eigenvalue weighted by atomic mass is 16.2. The van der Waals surface area contributed by atoms with Crippen LogP contribution in [0.15, 0.2) is 28.2 Å². The first-order chi connectivity index (χ1) is 11.9. The van der Waals surface area contributed by atoms with E-state index in [0.29, 0.717) is 19.1 Å². The second-order valence-corrected chi connectivity index (χ2v) is 6.79. The Morgan fingerprint density at radius 1 is 1.36 bits per heavy atom. The number of nitrogens with zero attached hydrogens (tertiary/aromatic N) is 4. The van der Waals surface area contributed by atoms with E-state index in [4.69, 9.17) is 0 Å². The second-order valence-electron chi connectivity index (χ2n) is 6.79. The maximum atomic E-state index is 12.8. The van der Waals surface area contributed by atoms with E-state index in [1.54, 1.807) is 11.1 Å². The highest BCUT2D eigenvalue weighted by Crippen LogP contribution is 2.27. The Morgan fingerprint density at radius 3 is 2.84 bits per heavy atom. The van der Waals surface area contributed by atoms with Gasteiger partial charge >= 0.3 is 5.69 Å². The molecule has 0 saturated carbocycles. The summed E-state index contributed by atoms with van der Waals surface area (Å²) in [6, 6.07) is 0.301. The summed E-state index contributed by atoms with van der Waals surface area (Å²) in [6.45, 7) is 5.31. The van der Waals surface area contributed by atoms with Crippen LogP contribution in [0, 0.1) is 0 Å². The van der Waals surface area contributed by atoms with Crippen LogP contribution >= 0.6 is 0 Å². The molecule has 0 spiro atoms. The van der Waals surface area contributed by atoms with Crippen LogP contribution in [0.25, 0.3) is 0 Å². The molecule has 1 N–H and O–H groups in total. The Bertz CT molecular complexity index is 892. The van der Waals surface area contributed by atoms with Gasteiger partial charge in [0, 0.05) is 50.7 Å². The van der Waals surface area contributed by atoms with Crippen molar-refractivity contribution in [2.75, 3.05) is 13.1 Å². The molecule has 1 saturated heterocycles. The van der Waals surface area contributed by atoms with Gasteiger partial charge in [-0.1, -0.05) is 0 Å². The number of imidazole rings is 1. The Labute approximate surface area is 145 Å². The zero-order valence-corrected chi connectivity index (χ0v) is 14.7. The van der Waals surface area contributed by atoms with Gasteiger partial charge in [0.1, 0.15) is 11.4 Å². The van der Waals surface area contributed by atoms with Crippen molar-refractivity contribution in [2.24, 2.45) is 7.05 Å². The zero-order valence-electron chi connectivity index (χ0n) is 14.7. The Kier molecular flexibility index (Phi) is 4.61. The van der Waals surface area contributed by atoms with Gasteiger partial charge in [-0.2, -0.15) is 0 Å². The SMILES string of the molecule is CC(C)n1ccnc1[C@H]1CCCN(C(=O)c2cn(C)c(=O)[nH]c2=O)C1. The van der Waals surface area contributed by atoms with Gasteiger partial charge in [0.2, 0.25) is 0 Å². The number of carbonyl (C=O) groups excluding carboxylic acids is 1. The fourth-order valence-corrected chi connectivity index (χ4v) is 3.34. The summed E-state index contributed by atoms with van der Waals surface area (Å²) < 4.78 is 3.33. The first kappa shape index (κ1) is 17.2. The smallest absolute Gasteiger partial charge is 0.328 e. The van der Waals surface area contributed by atoms with E-state index in [-0.39, 0.29) is 17.4 Å². The monoisotopic (exact) mass is 345 g/mol. The number of amides is 1. The molecule has 0 aliphatic carbocycles. The van der Waals surface area contributed by atoms with Gasteiger partial charge in [-0.3, -0.25) is 14.6 Å². The lowest BCUT2D eigenvalue weighted by Gasteiger charge is -2.33. The van der Waals surface area contributed by atoms with Gasteiger partial charge in [0.25, 0.3) is 11.5 Å². The molecule has 0 unspecified atom stereocenters. The third-order valence-electron chi connectivity index (χ3n) is 4.67. The minimum absolute atomic E-state index is 0.00467. The number of carbonyl (C=O) groups is 1. The number of rotatable bonds is 3. The molecular formula is C17H23N5O3. The summed E-state index contributed by atoms with van der Waals surface area (Å²) >= 11 is 0. The topological polar surface area (TPSA) is 93.0 Å². The van der Waals surface area contributed by atoms with Crippen molar-refractivity contribution < 1.29 is 4.79 Å². The molecule has 8 nitrogen and oxygen atoms in total. The van der Waals surface area contributed by atoms with Crippen molar-refractivity contribution in [1.29, 1.82) is 0 Å². The molecule has 1 fully saturated rings. The van der Waals surface area contributed by atoms with Crippen molar-refractivity contribution in [2.45, 2.75) is 38.6 Å². The molecule has 1 aliphatic heterocycles. The van der Waals surface area contributed by atoms with Crippen LogP contribution in [0.4, 0.5) is 0 Å². The van der Waals surface area contributed by atoms with Crippen LogP contribution in [-0.2, 0) is 7.05 Å². The van der Waals surface area contributed by atoms with Gasteiger partial charge in [-0.05, 0) is 26.7 Å². The number of hydrogen-bond donors (Lipinski definition) is 1. The fourth-order valence-electron chi connectivity index (χ4n) is 3.34. The predicted molar refractivity (Wildman–Crippen MR) is 92.8 cm³/mol. The van der Waals surface area contributed by atoms with Gasteiger partial charge in [-0.15, -0.1) is 0 Å². The average Bonchev–Trinajstić information content (AvgIpc) is 3.08. The molecule has 3 heterocycles. The van der Waals surface area contributed by atoms with E-state index in [1.165, 1.54) is 17.8 Å². The maximum absolute atomic E-state index is 12.8. The first-order valence-electron chi connectivity index (χ1n) is 8.50. The van der Waals surface area contributed by atoms with Gasteiger partial charge in [-0.25, -0.2) is 9.78 Å². The Morgan fingerprint density at radius 2 is 2.12 bits per heavy atom. The predicted octanol–water partition coefficient (Wildman–Crippen LogP) is 0.871. The molecule has 2 aromatic heterocycles. The summed E-state index contributed by atoms with van der Waals surface area (Å²) in [4.78, 5) is 44.6. The number of aromatic amines is 1. The van der Waals surface area contributed by atoms with Crippen LogP contribution in [-0.4, -0.2) is 43.0 Å². The van der Waals surface area contributed by atoms with Gasteiger partial charge in [0.15, 0.2) is 0 Å². The molecule has 8 heteroatoms.